The molecule has 6 N–H and O–H groups in total. The van der Waals surface area contributed by atoms with Crippen LogP contribution in [0.2, 0.25) is 0 Å². The molecule has 0 aliphatic heterocycles. The third-order valence-corrected chi connectivity index (χ3v) is 0. The van der Waals surface area contributed by atoms with Crippen LogP contribution < -0.4 is 0 Å². The Morgan fingerprint density at radius 3 is 0.400 bits per heavy atom. The van der Waals surface area contributed by atoms with E-state index in [1.807, 2.05) is 0 Å². The summed E-state index contributed by atoms with van der Waals surface area (Å²) in [5.74, 6) is 0. The molecule has 0 aromatic carbocycles. The maximum absolute atomic E-state index is 0. The summed E-state index contributed by atoms with van der Waals surface area (Å²) in [5, 5.41) is 0. The molecule has 0 amide bonds. The van der Waals surface area contributed by atoms with Crippen LogP contribution in [0.3, 0.4) is 0 Å². The Morgan fingerprint density at radius 1 is 0.400 bits per heavy atom. The Labute approximate surface area is 49.9 Å². The van der Waals surface area contributed by atoms with E-state index in [0.29, 0.717) is 0 Å². The van der Waals surface area contributed by atoms with Gasteiger partial charge in [0.15, 0.2) is 0 Å². The van der Waals surface area contributed by atoms with Crippen LogP contribution in [0.1, 0.15) is 0 Å². The molecule has 0 unspecified atom stereocenters. The molecule has 0 rings (SSSR count). The van der Waals surface area contributed by atoms with Crippen molar-refractivity contribution < 1.29 is 49.4 Å². The predicted molar refractivity (Wildman–Crippen MR) is 10.8 cm³/mol. The molecule has 0 spiro atoms. The zero-order valence-electron chi connectivity index (χ0n) is 2.13. The van der Waals surface area contributed by atoms with Crippen molar-refractivity contribution in [3.63, 3.8) is 0 Å². The van der Waals surface area contributed by atoms with Gasteiger partial charge in [-0.2, -0.15) is 0 Å². The molecular weight excluding hydrogens is 165 g/mol. The summed E-state index contributed by atoms with van der Waals surface area (Å²) in [6.07, 6.45) is 0. The first-order valence-corrected chi connectivity index (χ1v) is 0. The van der Waals surface area contributed by atoms with Gasteiger partial charge in [0, 0.05) is 33.0 Å². The van der Waals surface area contributed by atoms with Gasteiger partial charge in [0.1, 0.15) is 0 Å². The fraction of sp³-hybridized carbons (Fsp3) is 0. The first-order chi connectivity index (χ1) is 0. The Kier molecular flexibility index (Phi) is 3580. The van der Waals surface area contributed by atoms with Crippen molar-refractivity contribution in [3.05, 3.63) is 0 Å². The van der Waals surface area contributed by atoms with Crippen molar-refractivity contribution in [1.29, 1.82) is 0 Å². The van der Waals surface area contributed by atoms with E-state index in [2.05, 4.69) is 0 Å². The maximum Gasteiger partial charge on any atom is 0 e. The quantitative estimate of drug-likeness (QED) is 0.361. The molecule has 0 atom stereocenters. The van der Waals surface area contributed by atoms with Crippen LogP contribution in [0.25, 0.3) is 0 Å². The van der Waals surface area contributed by atoms with Gasteiger partial charge in [-0.15, -0.1) is 0 Å². The van der Waals surface area contributed by atoms with Crippen molar-refractivity contribution in [2.45, 2.75) is 0 Å². The minimum Gasteiger partial charge on any atom is -0.412 e. The third kappa shape index (κ3) is 53.2. The van der Waals surface area contributed by atoms with E-state index < -0.39 is 0 Å². The molecule has 0 heterocycles. The monoisotopic (exact) mass is 170 g/mol. The smallest absolute Gasteiger partial charge is 0 e. The normalized spacial score (nSPS) is 0. The van der Waals surface area contributed by atoms with Crippen molar-refractivity contribution in [3.8, 4) is 0 Å². The molecule has 44 valence electrons. The molecule has 5 heteroatoms. The van der Waals surface area contributed by atoms with Gasteiger partial charge in [0.05, 0.1) is 0 Å². The summed E-state index contributed by atoms with van der Waals surface area (Å²) in [4.78, 5) is 0. The van der Waals surface area contributed by atoms with Crippen molar-refractivity contribution in [2.75, 3.05) is 0 Å². The molecule has 0 aromatic heterocycles. The molecule has 0 fully saturated rings. The minimum atomic E-state index is 0. The van der Waals surface area contributed by atoms with Gasteiger partial charge in [0.2, 0.25) is 0 Å². The molecule has 0 bridgehead atoms. The van der Waals surface area contributed by atoms with E-state index in [0.717, 1.165) is 0 Å². The molecule has 0 aliphatic carbocycles. The molecule has 0 saturated carbocycles. The van der Waals surface area contributed by atoms with Crippen LogP contribution in [0.4, 0.5) is 0 Å². The van der Waals surface area contributed by atoms with Crippen molar-refractivity contribution in [1.82, 2.24) is 0 Å². The SMILES string of the molecule is O.O.O.[Ni].[Ni]. The van der Waals surface area contributed by atoms with E-state index in [4.69, 9.17) is 0 Å². The van der Waals surface area contributed by atoms with E-state index in [-0.39, 0.29) is 49.4 Å². The number of hydrogen-bond donors (Lipinski definition) is 0. The van der Waals surface area contributed by atoms with Gasteiger partial charge in [-0.3, -0.25) is 0 Å². The molecule has 5 heavy (non-hydrogen) atoms. The fourth-order valence-corrected chi connectivity index (χ4v) is 0. The van der Waals surface area contributed by atoms with Crippen LogP contribution >= 0.6 is 0 Å². The van der Waals surface area contributed by atoms with Crippen LogP contribution in [0, 0.1) is 0 Å². The minimum absolute atomic E-state index is 0. The maximum atomic E-state index is 0. The van der Waals surface area contributed by atoms with Crippen LogP contribution in [0.15, 0.2) is 0 Å². The third-order valence-electron chi connectivity index (χ3n) is 0. The second-order valence-corrected chi connectivity index (χ2v) is 0. The Hall–Kier alpha value is 0.867. The first-order valence-electron chi connectivity index (χ1n) is 0. The Morgan fingerprint density at radius 2 is 0.400 bits per heavy atom. The van der Waals surface area contributed by atoms with Gasteiger partial charge in [-0.05, 0) is 0 Å². The van der Waals surface area contributed by atoms with Gasteiger partial charge in [-0.25, -0.2) is 0 Å². The molecule has 0 aromatic rings. The molecule has 3 nitrogen and oxygen atoms in total. The zero-order chi connectivity index (χ0) is 0. The second-order valence-electron chi connectivity index (χ2n) is 0. The summed E-state index contributed by atoms with van der Waals surface area (Å²) in [6.45, 7) is 0. The summed E-state index contributed by atoms with van der Waals surface area (Å²) in [7, 11) is 0. The summed E-state index contributed by atoms with van der Waals surface area (Å²) >= 11 is 0. The summed E-state index contributed by atoms with van der Waals surface area (Å²) in [5.41, 5.74) is 0. The van der Waals surface area contributed by atoms with E-state index in [1.54, 1.807) is 0 Å². The molecule has 0 radical (unpaired) electrons. The molecule has 0 aliphatic rings. The zero-order valence-corrected chi connectivity index (χ0v) is 4.11. The average molecular weight is 171 g/mol. The van der Waals surface area contributed by atoms with Crippen LogP contribution in [-0.4, -0.2) is 16.4 Å². The Balaban J connectivity index is 0. The van der Waals surface area contributed by atoms with Crippen molar-refractivity contribution >= 4 is 0 Å². The van der Waals surface area contributed by atoms with E-state index in [1.165, 1.54) is 0 Å². The second kappa shape index (κ2) is 96.8. The largest absolute Gasteiger partial charge is 0.412 e. The van der Waals surface area contributed by atoms with Gasteiger partial charge >= 0.3 is 0 Å². The topological polar surface area (TPSA) is 94.5 Å². The number of rotatable bonds is 0. The first kappa shape index (κ1) is 185. The van der Waals surface area contributed by atoms with Gasteiger partial charge < -0.3 is 16.4 Å². The molecular formula is H6Ni2O3. The van der Waals surface area contributed by atoms with Gasteiger partial charge in [0.25, 0.3) is 0 Å². The van der Waals surface area contributed by atoms with Crippen LogP contribution in [-0.2, 0) is 33.0 Å². The standard InChI is InChI=1S/2Ni.3H2O/h;;3*1H2. The van der Waals surface area contributed by atoms with Gasteiger partial charge in [-0.1, -0.05) is 0 Å². The summed E-state index contributed by atoms with van der Waals surface area (Å²) < 4.78 is 0. The van der Waals surface area contributed by atoms with E-state index in [9.17, 15) is 0 Å². The molecule has 0 saturated heterocycles. The van der Waals surface area contributed by atoms with Crippen LogP contribution in [0.5, 0.6) is 0 Å². The van der Waals surface area contributed by atoms with E-state index >= 15 is 0 Å². The van der Waals surface area contributed by atoms with Crippen molar-refractivity contribution in [2.24, 2.45) is 0 Å². The Bertz CT molecular complexity index is 4.85. The fourth-order valence-electron chi connectivity index (χ4n) is 0. The number of hydrogen-bond acceptors (Lipinski definition) is 0. The predicted octanol–water partition coefficient (Wildman–Crippen LogP) is -2.48. The average Bonchev–Trinajstić information content (AvgIpc) is 0. The summed E-state index contributed by atoms with van der Waals surface area (Å²) in [6, 6.07) is 0.